The van der Waals surface area contributed by atoms with Crippen LogP contribution in [-0.4, -0.2) is 10.9 Å². The number of carbonyl (C=O) groups excluding carboxylic acids is 1. The number of nitrogens with zero attached hydrogens (tertiary/aromatic N) is 1. The third kappa shape index (κ3) is 4.10. The Balaban J connectivity index is 1.73. The molecule has 0 aliphatic heterocycles. The monoisotopic (exact) mass is 371 g/mol. The highest BCUT2D eigenvalue weighted by atomic mass is 35.5. The normalized spacial score (nSPS) is 10.4. The van der Waals surface area contributed by atoms with E-state index >= 15 is 0 Å². The topological polar surface area (TPSA) is 54.0 Å². The molecule has 0 fully saturated rings. The quantitative estimate of drug-likeness (QED) is 0.618. The van der Waals surface area contributed by atoms with Crippen molar-refractivity contribution in [2.45, 2.75) is 6.92 Å². The van der Waals surface area contributed by atoms with E-state index in [4.69, 9.17) is 23.2 Å². The third-order valence-corrected chi connectivity index (χ3v) is 4.25. The standard InChI is InChI=1S/C19H15Cl2N3O/c1-12-5-2-3-8-16(12)24-17-10-9-13(11-22-17)23-19(25)18-14(20)6-4-7-15(18)21/h2-11H,1H3,(H,22,24)(H,23,25). The Morgan fingerprint density at radius 1 is 0.960 bits per heavy atom. The Hall–Kier alpha value is -2.56. The Morgan fingerprint density at radius 2 is 1.68 bits per heavy atom. The van der Waals surface area contributed by atoms with Crippen LogP contribution < -0.4 is 10.6 Å². The van der Waals surface area contributed by atoms with Crippen molar-refractivity contribution in [1.29, 1.82) is 0 Å². The van der Waals surface area contributed by atoms with Crippen LogP contribution in [0.4, 0.5) is 17.2 Å². The summed E-state index contributed by atoms with van der Waals surface area (Å²) in [5.41, 5.74) is 2.90. The van der Waals surface area contributed by atoms with Gasteiger partial charge in [-0.15, -0.1) is 0 Å². The second kappa shape index (κ2) is 7.55. The first-order valence-corrected chi connectivity index (χ1v) is 8.34. The van der Waals surface area contributed by atoms with Crippen molar-refractivity contribution in [2.75, 3.05) is 10.6 Å². The average molecular weight is 372 g/mol. The van der Waals surface area contributed by atoms with Crippen LogP contribution in [0.15, 0.2) is 60.8 Å². The summed E-state index contributed by atoms with van der Waals surface area (Å²) in [6.45, 7) is 2.02. The summed E-state index contributed by atoms with van der Waals surface area (Å²) in [5, 5.41) is 6.58. The van der Waals surface area contributed by atoms with Crippen molar-refractivity contribution in [3.8, 4) is 0 Å². The van der Waals surface area contributed by atoms with Gasteiger partial charge in [0.1, 0.15) is 5.82 Å². The van der Waals surface area contributed by atoms with Crippen LogP contribution in [0.2, 0.25) is 10.0 Å². The van der Waals surface area contributed by atoms with E-state index in [9.17, 15) is 4.79 Å². The number of hydrogen-bond acceptors (Lipinski definition) is 3. The van der Waals surface area contributed by atoms with Gasteiger partial charge in [-0.25, -0.2) is 4.98 Å². The molecule has 2 N–H and O–H groups in total. The highest BCUT2D eigenvalue weighted by Crippen LogP contribution is 2.25. The Kier molecular flexibility index (Phi) is 5.22. The molecule has 0 atom stereocenters. The third-order valence-electron chi connectivity index (χ3n) is 3.62. The highest BCUT2D eigenvalue weighted by Gasteiger charge is 2.14. The van der Waals surface area contributed by atoms with E-state index in [0.29, 0.717) is 21.6 Å². The van der Waals surface area contributed by atoms with Crippen LogP contribution >= 0.6 is 23.2 Å². The highest BCUT2D eigenvalue weighted by molar-refractivity contribution is 6.40. The van der Waals surface area contributed by atoms with Gasteiger partial charge >= 0.3 is 0 Å². The lowest BCUT2D eigenvalue weighted by Gasteiger charge is -2.10. The molecule has 3 aromatic rings. The Bertz CT molecular complexity index is 891. The van der Waals surface area contributed by atoms with Crippen LogP contribution in [-0.2, 0) is 0 Å². The van der Waals surface area contributed by atoms with Crippen molar-refractivity contribution in [3.05, 3.63) is 82.0 Å². The van der Waals surface area contributed by atoms with Gasteiger partial charge in [0.2, 0.25) is 0 Å². The molecular formula is C19H15Cl2N3O. The summed E-state index contributed by atoms with van der Waals surface area (Å²) in [6.07, 6.45) is 1.57. The van der Waals surface area contributed by atoms with Gasteiger partial charge in [-0.3, -0.25) is 4.79 Å². The largest absolute Gasteiger partial charge is 0.340 e. The number of benzene rings is 2. The van der Waals surface area contributed by atoms with Gasteiger partial charge in [0.25, 0.3) is 5.91 Å². The van der Waals surface area contributed by atoms with Crippen molar-refractivity contribution >= 4 is 46.3 Å². The van der Waals surface area contributed by atoms with Crippen LogP contribution in [0.5, 0.6) is 0 Å². The number of aromatic nitrogens is 1. The lowest BCUT2D eigenvalue weighted by molar-refractivity contribution is 0.102. The number of rotatable bonds is 4. The minimum Gasteiger partial charge on any atom is -0.340 e. The van der Waals surface area contributed by atoms with Crippen LogP contribution in [0.1, 0.15) is 15.9 Å². The maximum absolute atomic E-state index is 12.4. The SMILES string of the molecule is Cc1ccccc1Nc1ccc(NC(=O)c2c(Cl)cccc2Cl)cn1. The molecule has 1 amide bonds. The number of hydrogen-bond donors (Lipinski definition) is 2. The van der Waals surface area contributed by atoms with Gasteiger partial charge in [0, 0.05) is 5.69 Å². The molecule has 0 bridgehead atoms. The molecule has 25 heavy (non-hydrogen) atoms. The van der Waals surface area contributed by atoms with Crippen molar-refractivity contribution in [2.24, 2.45) is 0 Å². The predicted molar refractivity (Wildman–Crippen MR) is 103 cm³/mol. The maximum Gasteiger partial charge on any atom is 0.258 e. The zero-order valence-corrected chi connectivity index (χ0v) is 14.9. The molecule has 0 saturated heterocycles. The first-order valence-electron chi connectivity index (χ1n) is 7.58. The van der Waals surface area contributed by atoms with E-state index in [1.54, 1.807) is 36.5 Å². The second-order valence-corrected chi connectivity index (χ2v) is 6.24. The number of para-hydroxylation sites is 1. The fraction of sp³-hybridized carbons (Fsp3) is 0.0526. The van der Waals surface area contributed by atoms with Gasteiger partial charge in [0.15, 0.2) is 0 Å². The fourth-order valence-corrected chi connectivity index (χ4v) is 2.87. The summed E-state index contributed by atoms with van der Waals surface area (Å²) in [5.74, 6) is 0.306. The molecule has 4 nitrogen and oxygen atoms in total. The zero-order valence-electron chi connectivity index (χ0n) is 13.4. The molecule has 0 spiro atoms. The molecule has 6 heteroatoms. The van der Waals surface area contributed by atoms with E-state index in [-0.39, 0.29) is 11.5 Å². The number of aryl methyl sites for hydroxylation is 1. The van der Waals surface area contributed by atoms with Crippen LogP contribution in [0, 0.1) is 6.92 Å². The van der Waals surface area contributed by atoms with Crippen LogP contribution in [0.25, 0.3) is 0 Å². The van der Waals surface area contributed by atoms with Gasteiger partial charge in [0.05, 0.1) is 27.5 Å². The number of nitrogens with one attached hydrogen (secondary N) is 2. The lowest BCUT2D eigenvalue weighted by Crippen LogP contribution is -2.13. The molecule has 3 rings (SSSR count). The summed E-state index contributed by atoms with van der Waals surface area (Å²) >= 11 is 12.1. The molecule has 0 aliphatic rings. The number of pyridine rings is 1. The van der Waals surface area contributed by atoms with E-state index in [1.165, 1.54) is 0 Å². The van der Waals surface area contributed by atoms with Crippen molar-refractivity contribution < 1.29 is 4.79 Å². The van der Waals surface area contributed by atoms with E-state index in [0.717, 1.165) is 11.3 Å². The smallest absolute Gasteiger partial charge is 0.258 e. The van der Waals surface area contributed by atoms with Crippen molar-refractivity contribution in [3.63, 3.8) is 0 Å². The molecule has 0 unspecified atom stereocenters. The zero-order chi connectivity index (χ0) is 17.8. The summed E-state index contributed by atoms with van der Waals surface area (Å²) in [7, 11) is 0. The number of carbonyl (C=O) groups is 1. The minimum atomic E-state index is -0.378. The van der Waals surface area contributed by atoms with Crippen molar-refractivity contribution in [1.82, 2.24) is 4.98 Å². The molecule has 0 radical (unpaired) electrons. The summed E-state index contributed by atoms with van der Waals surface area (Å²) in [6, 6.07) is 16.4. The van der Waals surface area contributed by atoms with Crippen LogP contribution in [0.3, 0.4) is 0 Å². The molecule has 126 valence electrons. The minimum absolute atomic E-state index is 0.243. The van der Waals surface area contributed by atoms with Gasteiger partial charge in [-0.1, -0.05) is 47.5 Å². The van der Waals surface area contributed by atoms with E-state index < -0.39 is 0 Å². The molecule has 1 heterocycles. The van der Waals surface area contributed by atoms with Gasteiger partial charge < -0.3 is 10.6 Å². The number of amides is 1. The van der Waals surface area contributed by atoms with Gasteiger partial charge in [-0.05, 0) is 42.8 Å². The Morgan fingerprint density at radius 3 is 2.32 bits per heavy atom. The van der Waals surface area contributed by atoms with E-state index in [1.807, 2.05) is 31.2 Å². The number of halogens is 2. The fourth-order valence-electron chi connectivity index (χ4n) is 2.30. The average Bonchev–Trinajstić information content (AvgIpc) is 2.58. The summed E-state index contributed by atoms with van der Waals surface area (Å²) < 4.78 is 0. The predicted octanol–water partition coefficient (Wildman–Crippen LogP) is 5.69. The molecule has 2 aromatic carbocycles. The van der Waals surface area contributed by atoms with Gasteiger partial charge in [-0.2, -0.15) is 0 Å². The van der Waals surface area contributed by atoms with E-state index in [2.05, 4.69) is 15.6 Å². The number of anilines is 3. The lowest BCUT2D eigenvalue weighted by atomic mass is 10.2. The molecule has 0 aliphatic carbocycles. The first-order chi connectivity index (χ1) is 12.0. The molecular weight excluding hydrogens is 357 g/mol. The molecule has 1 aromatic heterocycles. The summed E-state index contributed by atoms with van der Waals surface area (Å²) in [4.78, 5) is 16.7. The first kappa shape index (κ1) is 17.3. The Labute approximate surface area is 155 Å². The molecule has 0 saturated carbocycles. The second-order valence-electron chi connectivity index (χ2n) is 5.42. The maximum atomic E-state index is 12.4.